The van der Waals surface area contributed by atoms with Gasteiger partial charge >= 0.3 is 0 Å². The molecule has 4 aromatic rings. The highest BCUT2D eigenvalue weighted by atomic mass is 16.5. The van der Waals surface area contributed by atoms with Crippen LogP contribution in [0.25, 0.3) is 10.9 Å². The highest BCUT2D eigenvalue weighted by molar-refractivity contribution is 6.01. The highest BCUT2D eigenvalue weighted by Crippen LogP contribution is 2.48. The maximum absolute atomic E-state index is 14.2. The molecule has 2 aliphatic rings. The third-order valence-electron chi connectivity index (χ3n) is 7.84. The number of ether oxygens (including phenoxy) is 2. The molecule has 2 aliphatic heterocycles. The zero-order valence-electron chi connectivity index (χ0n) is 21.2. The van der Waals surface area contributed by atoms with Crippen molar-refractivity contribution in [1.29, 1.82) is 0 Å². The predicted octanol–water partition coefficient (Wildman–Crippen LogP) is 4.42. The molecule has 7 heteroatoms. The van der Waals surface area contributed by atoms with Crippen molar-refractivity contribution in [3.05, 3.63) is 95.2 Å². The van der Waals surface area contributed by atoms with Gasteiger partial charge in [0.15, 0.2) is 5.54 Å². The first-order valence-corrected chi connectivity index (χ1v) is 12.4. The number of aromatic nitrogens is 1. The minimum atomic E-state index is -1.13. The van der Waals surface area contributed by atoms with Crippen molar-refractivity contribution in [1.82, 2.24) is 14.8 Å². The van der Waals surface area contributed by atoms with Gasteiger partial charge < -0.3 is 24.3 Å². The maximum atomic E-state index is 14.2. The van der Waals surface area contributed by atoms with Gasteiger partial charge in [0.05, 0.1) is 19.9 Å². The lowest BCUT2D eigenvalue weighted by atomic mass is 9.76. The minimum absolute atomic E-state index is 0.0382. The van der Waals surface area contributed by atoms with E-state index in [2.05, 4.69) is 11.1 Å². The number of nitrogens with zero attached hydrogens (tertiary/aromatic N) is 2. The second-order valence-electron chi connectivity index (χ2n) is 9.87. The Labute approximate surface area is 215 Å². The Morgan fingerprint density at radius 1 is 0.946 bits per heavy atom. The lowest BCUT2D eigenvalue weighted by Crippen LogP contribution is -2.67. The van der Waals surface area contributed by atoms with Crippen molar-refractivity contribution < 1.29 is 19.1 Å². The molecule has 1 aromatic heterocycles. The largest absolute Gasteiger partial charge is 0.497 e. The third kappa shape index (κ3) is 3.56. The van der Waals surface area contributed by atoms with Crippen LogP contribution in [0.3, 0.4) is 0 Å². The van der Waals surface area contributed by atoms with Crippen LogP contribution in [-0.4, -0.2) is 53.9 Å². The van der Waals surface area contributed by atoms with Crippen molar-refractivity contribution in [2.75, 3.05) is 27.3 Å². The van der Waals surface area contributed by atoms with Crippen molar-refractivity contribution in [3.63, 3.8) is 0 Å². The molecule has 0 saturated carbocycles. The van der Waals surface area contributed by atoms with Gasteiger partial charge in [0, 0.05) is 29.9 Å². The van der Waals surface area contributed by atoms with Gasteiger partial charge in [-0.25, -0.2) is 0 Å². The Hall–Kier alpha value is -4.26. The summed E-state index contributed by atoms with van der Waals surface area (Å²) in [4.78, 5) is 34.9. The molecular weight excluding hydrogens is 466 g/mol. The van der Waals surface area contributed by atoms with Gasteiger partial charge in [-0.05, 0) is 53.9 Å². The molecule has 1 saturated heterocycles. The van der Waals surface area contributed by atoms with E-state index in [0.29, 0.717) is 13.1 Å². The first-order chi connectivity index (χ1) is 17.9. The molecule has 7 nitrogen and oxygen atoms in total. The van der Waals surface area contributed by atoms with Crippen LogP contribution in [0.15, 0.2) is 72.8 Å². The normalized spacial score (nSPS) is 21.1. The number of amides is 2. The summed E-state index contributed by atoms with van der Waals surface area (Å²) < 4.78 is 10.7. The number of methoxy groups -OCH3 is 2. The summed E-state index contributed by atoms with van der Waals surface area (Å²) in [5.41, 5.74) is 3.68. The second kappa shape index (κ2) is 8.69. The van der Waals surface area contributed by atoms with Gasteiger partial charge in [-0.15, -0.1) is 0 Å². The van der Waals surface area contributed by atoms with Crippen LogP contribution in [-0.2, 0) is 21.7 Å². The molecule has 1 fully saturated rings. The number of carbonyl (C=O) groups is 2. The average Bonchev–Trinajstić information content (AvgIpc) is 3.33. The number of fused-ring (bicyclic) bond motifs is 5. The fourth-order valence-corrected chi connectivity index (χ4v) is 5.93. The van der Waals surface area contributed by atoms with E-state index in [9.17, 15) is 9.59 Å². The predicted molar refractivity (Wildman–Crippen MR) is 141 cm³/mol. The minimum Gasteiger partial charge on any atom is -0.497 e. The first kappa shape index (κ1) is 23.2. The number of para-hydroxylation sites is 1. The van der Waals surface area contributed by atoms with Crippen LogP contribution in [0.1, 0.15) is 35.2 Å². The monoisotopic (exact) mass is 495 g/mol. The maximum Gasteiger partial charge on any atom is 0.255 e. The van der Waals surface area contributed by atoms with Crippen molar-refractivity contribution in [2.45, 2.75) is 24.9 Å². The van der Waals surface area contributed by atoms with E-state index >= 15 is 0 Å². The standard InChI is InChI=1S/C30H29N3O4/c1-30-28-27(23-9-4-5-10-25(23)31-28)24(20-11-13-21(36-2)14-12-20)17-33(30)26(34)18-32(29(30)35)16-19-7-6-8-22(15-19)37-3/h4-15,24,31H,16-18H2,1-3H3. The molecule has 2 atom stereocenters. The van der Waals surface area contributed by atoms with E-state index in [1.807, 2.05) is 73.7 Å². The van der Waals surface area contributed by atoms with Gasteiger partial charge in [0.1, 0.15) is 18.0 Å². The fourth-order valence-electron chi connectivity index (χ4n) is 5.93. The summed E-state index contributed by atoms with van der Waals surface area (Å²) in [5.74, 6) is 1.27. The topological polar surface area (TPSA) is 74.9 Å². The van der Waals surface area contributed by atoms with E-state index in [-0.39, 0.29) is 24.3 Å². The van der Waals surface area contributed by atoms with E-state index in [1.54, 1.807) is 24.0 Å². The number of H-pyrrole nitrogens is 1. The number of rotatable bonds is 5. The zero-order valence-corrected chi connectivity index (χ0v) is 21.2. The molecule has 0 bridgehead atoms. The Morgan fingerprint density at radius 3 is 2.46 bits per heavy atom. The summed E-state index contributed by atoms with van der Waals surface area (Å²) in [5, 5.41) is 1.07. The number of hydrogen-bond donors (Lipinski definition) is 1. The van der Waals surface area contributed by atoms with Gasteiger partial charge in [0.25, 0.3) is 5.91 Å². The Morgan fingerprint density at radius 2 is 1.70 bits per heavy atom. The summed E-state index contributed by atoms with van der Waals surface area (Å²) in [6.07, 6.45) is 0. The molecule has 2 unspecified atom stereocenters. The van der Waals surface area contributed by atoms with Crippen LogP contribution >= 0.6 is 0 Å². The van der Waals surface area contributed by atoms with Gasteiger partial charge in [0.2, 0.25) is 5.91 Å². The van der Waals surface area contributed by atoms with E-state index < -0.39 is 5.54 Å². The summed E-state index contributed by atoms with van der Waals surface area (Å²) in [6.45, 7) is 2.68. The van der Waals surface area contributed by atoms with Crippen LogP contribution in [0.2, 0.25) is 0 Å². The Bertz CT molecular complexity index is 1510. The molecule has 37 heavy (non-hydrogen) atoms. The van der Waals surface area contributed by atoms with Crippen molar-refractivity contribution in [2.24, 2.45) is 0 Å². The lowest BCUT2D eigenvalue weighted by molar-refractivity contribution is -0.166. The van der Waals surface area contributed by atoms with Gasteiger partial charge in [-0.2, -0.15) is 0 Å². The number of hydrogen-bond acceptors (Lipinski definition) is 4. The smallest absolute Gasteiger partial charge is 0.255 e. The number of aromatic amines is 1. The van der Waals surface area contributed by atoms with Crippen LogP contribution in [0.4, 0.5) is 0 Å². The van der Waals surface area contributed by atoms with E-state index in [0.717, 1.165) is 44.8 Å². The molecule has 3 aromatic carbocycles. The quantitative estimate of drug-likeness (QED) is 0.445. The van der Waals surface area contributed by atoms with E-state index in [1.165, 1.54) is 0 Å². The Balaban J connectivity index is 1.47. The Kier molecular flexibility index (Phi) is 5.44. The van der Waals surface area contributed by atoms with Crippen molar-refractivity contribution >= 4 is 22.7 Å². The molecular formula is C30H29N3O4. The molecule has 2 amide bonds. The first-order valence-electron chi connectivity index (χ1n) is 12.4. The zero-order chi connectivity index (χ0) is 25.7. The molecule has 0 radical (unpaired) electrons. The molecule has 3 heterocycles. The third-order valence-corrected chi connectivity index (χ3v) is 7.84. The van der Waals surface area contributed by atoms with E-state index in [4.69, 9.17) is 9.47 Å². The van der Waals surface area contributed by atoms with Crippen LogP contribution in [0.5, 0.6) is 11.5 Å². The number of nitrogens with one attached hydrogen (secondary N) is 1. The summed E-state index contributed by atoms with van der Waals surface area (Å²) >= 11 is 0. The fraction of sp³-hybridized carbons (Fsp3) is 0.267. The highest BCUT2D eigenvalue weighted by Gasteiger charge is 2.56. The number of benzene rings is 3. The molecule has 188 valence electrons. The number of carbonyl (C=O) groups excluding carboxylic acids is 2. The molecule has 6 rings (SSSR count). The molecule has 0 spiro atoms. The van der Waals surface area contributed by atoms with Gasteiger partial charge in [-0.3, -0.25) is 9.59 Å². The summed E-state index contributed by atoms with van der Waals surface area (Å²) in [7, 11) is 3.26. The average molecular weight is 496 g/mol. The van der Waals surface area contributed by atoms with Crippen LogP contribution in [0, 0.1) is 0 Å². The SMILES string of the molecule is COc1ccc(C2CN3C(=O)CN(Cc4cccc(OC)c4)C(=O)C3(C)c3[nH]c4ccccc4c32)cc1. The van der Waals surface area contributed by atoms with Gasteiger partial charge in [-0.1, -0.05) is 42.5 Å². The lowest BCUT2D eigenvalue weighted by Gasteiger charge is -2.51. The van der Waals surface area contributed by atoms with Crippen molar-refractivity contribution in [3.8, 4) is 11.5 Å². The summed E-state index contributed by atoms with van der Waals surface area (Å²) in [6, 6.07) is 23.7. The van der Waals surface area contributed by atoms with Crippen LogP contribution < -0.4 is 9.47 Å². The number of piperazine rings is 1. The second-order valence-corrected chi connectivity index (χ2v) is 9.87. The molecule has 0 aliphatic carbocycles. The molecule has 1 N–H and O–H groups in total.